The zero-order chi connectivity index (χ0) is 16.7. The van der Waals surface area contributed by atoms with Gasteiger partial charge in [0.15, 0.2) is 0 Å². The molecule has 0 aromatic rings. The molecule has 0 spiro atoms. The van der Waals surface area contributed by atoms with Gasteiger partial charge < -0.3 is 5.11 Å². The first-order chi connectivity index (χ1) is 11.4. The summed E-state index contributed by atoms with van der Waals surface area (Å²) in [4.78, 5) is 0. The number of fused-ring (bicyclic) bond motifs is 5. The van der Waals surface area contributed by atoms with E-state index in [1.165, 1.54) is 44.3 Å². The molecule has 5 aliphatic rings. The molecule has 24 heavy (non-hydrogen) atoms. The van der Waals surface area contributed by atoms with Crippen molar-refractivity contribution in [2.24, 2.45) is 34.5 Å². The Morgan fingerprint density at radius 1 is 1.04 bits per heavy atom. The number of thioether (sulfide) groups is 1. The molecule has 0 aromatic heterocycles. The van der Waals surface area contributed by atoms with Gasteiger partial charge in [-0.2, -0.15) is 11.8 Å². The fourth-order valence-corrected chi connectivity index (χ4v) is 8.98. The van der Waals surface area contributed by atoms with Crippen LogP contribution in [0.3, 0.4) is 0 Å². The number of aliphatic hydroxyl groups excluding tert-OH is 1. The second-order valence-electron chi connectivity index (χ2n) is 10.4. The highest BCUT2D eigenvalue weighted by Gasteiger charge is 2.63. The van der Waals surface area contributed by atoms with Crippen molar-refractivity contribution in [2.75, 3.05) is 5.75 Å². The fourth-order valence-electron chi connectivity index (χ4n) is 7.96. The quantitative estimate of drug-likeness (QED) is 0.504. The number of allylic oxidation sites excluding steroid dienone is 1. The molecule has 3 saturated carbocycles. The van der Waals surface area contributed by atoms with E-state index in [9.17, 15) is 5.11 Å². The van der Waals surface area contributed by atoms with Gasteiger partial charge in [0.1, 0.15) is 0 Å². The van der Waals surface area contributed by atoms with Gasteiger partial charge in [-0.1, -0.05) is 25.5 Å². The average molecular weight is 347 g/mol. The van der Waals surface area contributed by atoms with Gasteiger partial charge in [-0.25, -0.2) is 0 Å². The maximum Gasteiger partial charge on any atom is 0.0577 e. The third-order valence-corrected chi connectivity index (χ3v) is 10.9. The van der Waals surface area contributed by atoms with E-state index in [-0.39, 0.29) is 6.10 Å². The fraction of sp³-hybridized carbons (Fsp3) is 0.909. The molecule has 4 fully saturated rings. The lowest BCUT2D eigenvalue weighted by atomic mass is 9.47. The molecule has 1 nitrogen and oxygen atoms in total. The van der Waals surface area contributed by atoms with Crippen LogP contribution in [0.2, 0.25) is 0 Å². The van der Waals surface area contributed by atoms with Crippen LogP contribution in [0.4, 0.5) is 0 Å². The van der Waals surface area contributed by atoms with Gasteiger partial charge >= 0.3 is 0 Å². The minimum Gasteiger partial charge on any atom is -0.393 e. The van der Waals surface area contributed by atoms with Crippen molar-refractivity contribution < 1.29 is 5.11 Å². The van der Waals surface area contributed by atoms with E-state index in [1.807, 2.05) is 0 Å². The van der Waals surface area contributed by atoms with E-state index in [0.29, 0.717) is 15.6 Å². The molecular formula is C22H34OS. The van der Waals surface area contributed by atoms with Crippen molar-refractivity contribution in [1.29, 1.82) is 0 Å². The molecule has 0 radical (unpaired) electrons. The van der Waals surface area contributed by atoms with Crippen LogP contribution in [-0.2, 0) is 0 Å². The van der Waals surface area contributed by atoms with Gasteiger partial charge in [0, 0.05) is 10.5 Å². The Morgan fingerprint density at radius 3 is 2.58 bits per heavy atom. The van der Waals surface area contributed by atoms with E-state index in [4.69, 9.17) is 0 Å². The summed E-state index contributed by atoms with van der Waals surface area (Å²) in [6.45, 7) is 7.77. The van der Waals surface area contributed by atoms with Crippen molar-refractivity contribution >= 4 is 11.8 Å². The Labute approximate surface area is 152 Å². The monoisotopic (exact) mass is 346 g/mol. The molecule has 1 saturated heterocycles. The van der Waals surface area contributed by atoms with Crippen molar-refractivity contribution in [1.82, 2.24) is 0 Å². The van der Waals surface area contributed by atoms with E-state index in [0.717, 1.165) is 36.5 Å². The summed E-state index contributed by atoms with van der Waals surface area (Å²) >= 11 is 2.23. The molecule has 0 bridgehead atoms. The number of aliphatic hydroxyl groups is 1. The molecule has 8 atom stereocenters. The number of rotatable bonds is 1. The molecule has 1 aliphatic heterocycles. The zero-order valence-electron chi connectivity index (χ0n) is 15.7. The van der Waals surface area contributed by atoms with E-state index < -0.39 is 0 Å². The van der Waals surface area contributed by atoms with Gasteiger partial charge in [-0.15, -0.1) is 0 Å². The van der Waals surface area contributed by atoms with Crippen molar-refractivity contribution in [2.45, 2.75) is 83.0 Å². The van der Waals surface area contributed by atoms with Gasteiger partial charge in [0.2, 0.25) is 0 Å². The SMILES string of the molecule is C[C@]12CC[C@@H]3[C@H](CC=C4C[C@@H](O)CC[C@@]43C)[C@@H]1CC[C@@H]2[C@]1(C)CS1. The van der Waals surface area contributed by atoms with Crippen molar-refractivity contribution in [3.8, 4) is 0 Å². The molecule has 1 N–H and O–H groups in total. The molecule has 2 heteroatoms. The Hall–Kier alpha value is 0.0500. The number of hydrogen-bond donors (Lipinski definition) is 1. The second-order valence-corrected chi connectivity index (χ2v) is 11.9. The van der Waals surface area contributed by atoms with Crippen LogP contribution >= 0.6 is 11.8 Å². The summed E-state index contributed by atoms with van der Waals surface area (Å²) in [6, 6.07) is 0. The Balaban J connectivity index is 1.47. The maximum absolute atomic E-state index is 10.1. The maximum atomic E-state index is 10.1. The van der Waals surface area contributed by atoms with Crippen molar-refractivity contribution in [3.05, 3.63) is 11.6 Å². The third kappa shape index (κ3) is 2.05. The van der Waals surface area contributed by atoms with Crippen LogP contribution in [-0.4, -0.2) is 21.7 Å². The van der Waals surface area contributed by atoms with Gasteiger partial charge in [-0.05, 0) is 92.8 Å². The molecule has 0 aromatic carbocycles. The summed E-state index contributed by atoms with van der Waals surface area (Å²) in [7, 11) is 0. The summed E-state index contributed by atoms with van der Waals surface area (Å²) in [5.41, 5.74) is 2.63. The molecule has 5 rings (SSSR count). The minimum atomic E-state index is -0.0718. The molecule has 1 heterocycles. The predicted octanol–water partition coefficient (Wildman–Crippen LogP) is 5.43. The summed E-state index contributed by atoms with van der Waals surface area (Å²) in [5.74, 6) is 5.15. The number of hydrogen-bond acceptors (Lipinski definition) is 2. The lowest BCUT2D eigenvalue weighted by molar-refractivity contribution is -0.0518. The molecule has 0 amide bonds. The molecular weight excluding hydrogens is 312 g/mol. The lowest BCUT2D eigenvalue weighted by Gasteiger charge is -2.58. The van der Waals surface area contributed by atoms with Crippen LogP contribution in [0, 0.1) is 34.5 Å². The average Bonchev–Trinajstić information content (AvgIpc) is 3.17. The second kappa shape index (κ2) is 5.06. The van der Waals surface area contributed by atoms with E-state index in [2.05, 4.69) is 38.6 Å². The van der Waals surface area contributed by atoms with Crippen LogP contribution in [0.25, 0.3) is 0 Å². The van der Waals surface area contributed by atoms with Crippen LogP contribution in [0.5, 0.6) is 0 Å². The standard InChI is InChI=1S/C22H34OS/c1-20-10-8-15(23)12-14(20)4-5-16-17-6-7-19(22(3)13-24-22)21(17,2)11-9-18(16)20/h4,15-19,23H,5-13H2,1-3H3/t15-,16+,17-,18+,19-,20-,21-,22-/m0/s1. The highest BCUT2D eigenvalue weighted by molar-refractivity contribution is 8.07. The van der Waals surface area contributed by atoms with Crippen LogP contribution in [0.15, 0.2) is 11.6 Å². The third-order valence-electron chi connectivity index (χ3n) is 9.41. The first-order valence-corrected chi connectivity index (χ1v) is 11.4. The predicted molar refractivity (Wildman–Crippen MR) is 102 cm³/mol. The highest BCUT2D eigenvalue weighted by Crippen LogP contribution is 2.71. The Morgan fingerprint density at radius 2 is 1.83 bits per heavy atom. The highest BCUT2D eigenvalue weighted by atomic mass is 32.2. The Bertz CT molecular complexity index is 579. The van der Waals surface area contributed by atoms with Gasteiger partial charge in [0.05, 0.1) is 6.10 Å². The molecule has 0 unspecified atom stereocenters. The topological polar surface area (TPSA) is 20.2 Å². The smallest absolute Gasteiger partial charge is 0.0577 e. The summed E-state index contributed by atoms with van der Waals surface area (Å²) < 4.78 is 0.616. The lowest BCUT2D eigenvalue weighted by Crippen LogP contribution is -2.51. The first-order valence-electron chi connectivity index (χ1n) is 10.4. The minimum absolute atomic E-state index is 0.0718. The Kier molecular flexibility index (Phi) is 3.43. The van der Waals surface area contributed by atoms with E-state index >= 15 is 0 Å². The van der Waals surface area contributed by atoms with Gasteiger partial charge in [-0.3, -0.25) is 0 Å². The normalized spacial score (nSPS) is 59.2. The molecule has 134 valence electrons. The molecule has 4 aliphatic carbocycles. The zero-order valence-corrected chi connectivity index (χ0v) is 16.5. The summed E-state index contributed by atoms with van der Waals surface area (Å²) in [6.07, 6.45) is 12.9. The largest absolute Gasteiger partial charge is 0.393 e. The van der Waals surface area contributed by atoms with Crippen LogP contribution < -0.4 is 0 Å². The van der Waals surface area contributed by atoms with Gasteiger partial charge in [0.25, 0.3) is 0 Å². The first kappa shape index (κ1) is 16.2. The summed E-state index contributed by atoms with van der Waals surface area (Å²) in [5, 5.41) is 10.1. The van der Waals surface area contributed by atoms with Crippen LogP contribution in [0.1, 0.15) is 72.1 Å². The van der Waals surface area contributed by atoms with E-state index in [1.54, 1.807) is 5.57 Å². The van der Waals surface area contributed by atoms with Crippen molar-refractivity contribution in [3.63, 3.8) is 0 Å².